The van der Waals surface area contributed by atoms with Crippen LogP contribution >= 0.6 is 0 Å². The Morgan fingerprint density at radius 1 is 0.933 bits per heavy atom. The molecule has 3 rings (SSSR count). The molecule has 0 radical (unpaired) electrons. The summed E-state index contributed by atoms with van der Waals surface area (Å²) in [5.74, 6) is 0.705. The van der Waals surface area contributed by atoms with E-state index in [2.05, 4.69) is 4.72 Å². The van der Waals surface area contributed by atoms with Crippen molar-refractivity contribution in [3.63, 3.8) is 0 Å². The highest BCUT2D eigenvalue weighted by atomic mass is 32.2. The molecule has 0 heterocycles. The maximum atomic E-state index is 12.9. The number of hydrogen-bond acceptors (Lipinski definition) is 4. The number of nitrogens with one attached hydrogen (secondary N) is 1. The average molecular weight is 425 g/mol. The minimum Gasteiger partial charge on any atom is -0.497 e. The molecule has 156 valence electrons. The van der Waals surface area contributed by atoms with Gasteiger partial charge in [-0.2, -0.15) is 0 Å². The second-order valence-corrected chi connectivity index (χ2v) is 8.50. The van der Waals surface area contributed by atoms with Crippen LogP contribution < -0.4 is 9.46 Å². The molecule has 1 atom stereocenters. The van der Waals surface area contributed by atoms with E-state index in [4.69, 9.17) is 4.74 Å². The van der Waals surface area contributed by atoms with Crippen molar-refractivity contribution in [1.82, 2.24) is 9.62 Å². The van der Waals surface area contributed by atoms with E-state index in [9.17, 15) is 13.2 Å². The van der Waals surface area contributed by atoms with Crippen molar-refractivity contribution in [2.75, 3.05) is 14.2 Å². The standard InChI is InChI=1S/C23H24N2O4S/c1-25(23(26)24-30(27,28)21-11-7-4-8-12-21)22(17-18-9-5-3-6-10-18)19-13-15-20(29-2)16-14-19/h3-16,22H,17H2,1-2H3,(H,24,26)/t22-/m0/s1. The number of ether oxygens (including phenoxy) is 1. The zero-order valence-electron chi connectivity index (χ0n) is 16.9. The Morgan fingerprint density at radius 3 is 2.07 bits per heavy atom. The van der Waals surface area contributed by atoms with Crippen molar-refractivity contribution < 1.29 is 17.9 Å². The molecule has 3 aromatic rings. The van der Waals surface area contributed by atoms with Crippen LogP contribution in [-0.2, 0) is 16.4 Å². The average Bonchev–Trinajstić information content (AvgIpc) is 2.78. The Kier molecular flexibility index (Phi) is 6.74. The van der Waals surface area contributed by atoms with Gasteiger partial charge in [0.2, 0.25) is 0 Å². The van der Waals surface area contributed by atoms with E-state index >= 15 is 0 Å². The second-order valence-electron chi connectivity index (χ2n) is 6.81. The molecule has 0 aliphatic rings. The van der Waals surface area contributed by atoms with Crippen molar-refractivity contribution in [2.24, 2.45) is 0 Å². The molecule has 3 aromatic carbocycles. The minimum absolute atomic E-state index is 0.0378. The highest BCUT2D eigenvalue weighted by Gasteiger charge is 2.26. The molecule has 0 aromatic heterocycles. The first-order valence-corrected chi connectivity index (χ1v) is 10.9. The van der Waals surface area contributed by atoms with Gasteiger partial charge < -0.3 is 9.64 Å². The number of methoxy groups -OCH3 is 1. The van der Waals surface area contributed by atoms with E-state index in [1.165, 1.54) is 17.0 Å². The van der Waals surface area contributed by atoms with Gasteiger partial charge in [0.15, 0.2) is 0 Å². The fourth-order valence-corrected chi connectivity index (χ4v) is 4.14. The SMILES string of the molecule is COc1ccc([C@H](Cc2ccccc2)N(C)C(=O)NS(=O)(=O)c2ccccc2)cc1. The summed E-state index contributed by atoms with van der Waals surface area (Å²) < 4.78 is 32.5. The molecule has 0 spiro atoms. The van der Waals surface area contributed by atoms with E-state index in [0.29, 0.717) is 12.2 Å². The zero-order chi connectivity index (χ0) is 21.6. The van der Waals surface area contributed by atoms with Gasteiger partial charge in [-0.3, -0.25) is 0 Å². The molecule has 0 unspecified atom stereocenters. The third kappa shape index (κ3) is 5.18. The summed E-state index contributed by atoms with van der Waals surface area (Å²) in [5.41, 5.74) is 1.90. The van der Waals surface area contributed by atoms with Gasteiger partial charge >= 0.3 is 6.03 Å². The molecule has 1 N–H and O–H groups in total. The molecular formula is C23H24N2O4S. The lowest BCUT2D eigenvalue weighted by atomic mass is 9.98. The lowest BCUT2D eigenvalue weighted by Gasteiger charge is -2.29. The summed E-state index contributed by atoms with van der Waals surface area (Å²) in [5, 5.41) is 0. The number of amides is 2. The van der Waals surface area contributed by atoms with Gasteiger partial charge in [0.1, 0.15) is 5.75 Å². The number of rotatable bonds is 7. The normalized spacial score (nSPS) is 12.1. The van der Waals surface area contributed by atoms with Crippen LogP contribution in [0.4, 0.5) is 4.79 Å². The molecule has 7 heteroatoms. The summed E-state index contributed by atoms with van der Waals surface area (Å²) in [7, 11) is -0.786. The Morgan fingerprint density at radius 2 is 1.50 bits per heavy atom. The third-order valence-electron chi connectivity index (χ3n) is 4.84. The summed E-state index contributed by atoms with van der Waals surface area (Å²) in [6.45, 7) is 0. The molecule has 0 aliphatic heterocycles. The molecule has 0 saturated heterocycles. The smallest absolute Gasteiger partial charge is 0.331 e. The number of benzene rings is 3. The predicted octanol–water partition coefficient (Wildman–Crippen LogP) is 4.01. The number of carbonyl (C=O) groups excluding carboxylic acids is 1. The van der Waals surface area contributed by atoms with Gasteiger partial charge in [-0.05, 0) is 41.8 Å². The van der Waals surface area contributed by atoms with Crippen molar-refractivity contribution in [3.05, 3.63) is 96.1 Å². The molecule has 0 fully saturated rings. The van der Waals surface area contributed by atoms with Gasteiger partial charge in [-0.25, -0.2) is 17.9 Å². The number of urea groups is 1. The number of likely N-dealkylation sites (N-methyl/N-ethyl adjacent to an activating group) is 1. The molecular weight excluding hydrogens is 400 g/mol. The predicted molar refractivity (Wildman–Crippen MR) is 116 cm³/mol. The Hall–Kier alpha value is -3.32. The van der Waals surface area contributed by atoms with Crippen molar-refractivity contribution in [1.29, 1.82) is 0 Å². The van der Waals surface area contributed by atoms with Gasteiger partial charge in [0.25, 0.3) is 10.0 Å². The van der Waals surface area contributed by atoms with E-state index in [0.717, 1.165) is 11.1 Å². The van der Waals surface area contributed by atoms with Gasteiger partial charge in [-0.1, -0.05) is 60.7 Å². The third-order valence-corrected chi connectivity index (χ3v) is 6.17. The van der Waals surface area contributed by atoms with Crippen LogP contribution in [0.25, 0.3) is 0 Å². The fourth-order valence-electron chi connectivity index (χ4n) is 3.13. The van der Waals surface area contributed by atoms with Crippen molar-refractivity contribution >= 4 is 16.1 Å². The largest absolute Gasteiger partial charge is 0.497 e. The van der Waals surface area contributed by atoms with E-state index < -0.39 is 16.1 Å². The maximum Gasteiger partial charge on any atom is 0.331 e. The number of hydrogen-bond donors (Lipinski definition) is 1. The van der Waals surface area contributed by atoms with Crippen molar-refractivity contribution in [2.45, 2.75) is 17.4 Å². The first-order valence-electron chi connectivity index (χ1n) is 9.43. The van der Waals surface area contributed by atoms with Crippen LogP contribution in [0.2, 0.25) is 0 Å². The minimum atomic E-state index is -3.96. The van der Waals surface area contributed by atoms with Crippen LogP contribution in [0.3, 0.4) is 0 Å². The highest BCUT2D eigenvalue weighted by Crippen LogP contribution is 2.26. The van der Waals surface area contributed by atoms with Crippen LogP contribution in [0.1, 0.15) is 17.2 Å². The van der Waals surface area contributed by atoms with E-state index in [1.807, 2.05) is 54.6 Å². The molecule has 0 aliphatic carbocycles. The Balaban J connectivity index is 1.86. The first kappa shape index (κ1) is 21.4. The van der Waals surface area contributed by atoms with Crippen LogP contribution in [-0.4, -0.2) is 33.5 Å². The van der Waals surface area contributed by atoms with Gasteiger partial charge in [0, 0.05) is 7.05 Å². The zero-order valence-corrected chi connectivity index (χ0v) is 17.7. The Bertz CT molecular complexity index is 1070. The molecule has 0 saturated carbocycles. The van der Waals surface area contributed by atoms with Crippen molar-refractivity contribution in [3.8, 4) is 5.75 Å². The first-order chi connectivity index (χ1) is 14.4. The monoisotopic (exact) mass is 424 g/mol. The fraction of sp³-hybridized carbons (Fsp3) is 0.174. The maximum absolute atomic E-state index is 12.9. The second kappa shape index (κ2) is 9.45. The summed E-state index contributed by atoms with van der Waals surface area (Å²) in [6, 6.07) is 23.9. The van der Waals surface area contributed by atoms with Crippen LogP contribution in [0.15, 0.2) is 89.8 Å². The van der Waals surface area contributed by atoms with E-state index in [-0.39, 0.29) is 10.9 Å². The number of carbonyl (C=O) groups is 1. The topological polar surface area (TPSA) is 75.7 Å². The molecule has 30 heavy (non-hydrogen) atoms. The highest BCUT2D eigenvalue weighted by molar-refractivity contribution is 7.90. The molecule has 6 nitrogen and oxygen atoms in total. The van der Waals surface area contributed by atoms with E-state index in [1.54, 1.807) is 32.4 Å². The lowest BCUT2D eigenvalue weighted by molar-refractivity contribution is 0.196. The van der Waals surface area contributed by atoms with Gasteiger partial charge in [-0.15, -0.1) is 0 Å². The van der Waals surface area contributed by atoms with Crippen LogP contribution in [0.5, 0.6) is 5.75 Å². The van der Waals surface area contributed by atoms with Crippen LogP contribution in [0, 0.1) is 0 Å². The molecule has 0 bridgehead atoms. The number of sulfonamides is 1. The quantitative estimate of drug-likeness (QED) is 0.622. The molecule has 2 amide bonds. The Labute approximate surface area is 177 Å². The number of nitrogens with zero attached hydrogens (tertiary/aromatic N) is 1. The summed E-state index contributed by atoms with van der Waals surface area (Å²) in [4.78, 5) is 14.3. The summed E-state index contributed by atoms with van der Waals surface area (Å²) in [6.07, 6.45) is 0.530. The summed E-state index contributed by atoms with van der Waals surface area (Å²) >= 11 is 0. The van der Waals surface area contributed by atoms with Gasteiger partial charge in [0.05, 0.1) is 18.0 Å². The lowest BCUT2D eigenvalue weighted by Crippen LogP contribution is -2.43.